The van der Waals surface area contributed by atoms with Crippen LogP contribution >= 0.6 is 43.2 Å². The monoisotopic (exact) mass is 376 g/mol. The van der Waals surface area contributed by atoms with E-state index in [9.17, 15) is 4.39 Å². The van der Waals surface area contributed by atoms with Crippen LogP contribution in [0.4, 0.5) is 4.39 Å². The first-order valence-electron chi connectivity index (χ1n) is 5.29. The van der Waals surface area contributed by atoms with Crippen LogP contribution in [0.1, 0.15) is 27.1 Å². The van der Waals surface area contributed by atoms with Gasteiger partial charge in [-0.05, 0) is 42.3 Å². The predicted octanol–water partition coefficient (Wildman–Crippen LogP) is 5.70. The van der Waals surface area contributed by atoms with Gasteiger partial charge in [0, 0.05) is 14.2 Å². The number of hydrogen-bond donors (Lipinski definition) is 0. The van der Waals surface area contributed by atoms with Crippen molar-refractivity contribution in [3.05, 3.63) is 55.9 Å². The summed E-state index contributed by atoms with van der Waals surface area (Å²) in [5, 5.41) is 0. The van der Waals surface area contributed by atoms with Crippen molar-refractivity contribution in [1.82, 2.24) is 0 Å². The van der Waals surface area contributed by atoms with Crippen LogP contribution in [0.25, 0.3) is 0 Å². The molecule has 1 heterocycles. The lowest BCUT2D eigenvalue weighted by atomic mass is 10.1. The van der Waals surface area contributed by atoms with Crippen LogP contribution in [-0.4, -0.2) is 0 Å². The fourth-order valence-corrected chi connectivity index (χ4v) is 3.75. The van der Waals surface area contributed by atoms with Gasteiger partial charge in [0.05, 0.1) is 4.83 Å². The molecule has 0 aliphatic heterocycles. The maximum absolute atomic E-state index is 13.3. The van der Waals surface area contributed by atoms with Crippen molar-refractivity contribution in [3.8, 4) is 0 Å². The molecule has 1 aromatic carbocycles. The molecule has 0 bridgehead atoms. The van der Waals surface area contributed by atoms with Gasteiger partial charge in [-0.2, -0.15) is 0 Å². The second-order valence-electron chi connectivity index (χ2n) is 3.72. The molecule has 90 valence electrons. The Bertz CT molecular complexity index is 502. The summed E-state index contributed by atoms with van der Waals surface area (Å²) in [7, 11) is 0. The molecule has 1 unspecified atom stereocenters. The van der Waals surface area contributed by atoms with Gasteiger partial charge in [0.2, 0.25) is 0 Å². The Morgan fingerprint density at radius 2 is 2.06 bits per heavy atom. The van der Waals surface area contributed by atoms with Crippen molar-refractivity contribution in [2.24, 2.45) is 0 Å². The second-order valence-corrected chi connectivity index (χ2v) is 6.75. The Morgan fingerprint density at radius 3 is 2.65 bits per heavy atom. The molecule has 0 nitrogen and oxygen atoms in total. The molecule has 2 rings (SSSR count). The van der Waals surface area contributed by atoms with Gasteiger partial charge in [-0.1, -0.05) is 38.8 Å². The molecule has 0 fully saturated rings. The Morgan fingerprint density at radius 1 is 1.29 bits per heavy atom. The minimum atomic E-state index is -0.217. The first-order chi connectivity index (χ1) is 8.10. The molecule has 17 heavy (non-hydrogen) atoms. The van der Waals surface area contributed by atoms with Crippen LogP contribution < -0.4 is 0 Å². The average molecular weight is 378 g/mol. The standard InChI is InChI=1S/C13H11Br2FS/c1-2-11-3-4-12(17-11)13(15)8-5-9(14)7-10(16)6-8/h3-7,13H,2H2,1H3. The van der Waals surface area contributed by atoms with E-state index in [1.165, 1.54) is 15.8 Å². The summed E-state index contributed by atoms with van der Waals surface area (Å²) in [5.74, 6) is -0.217. The zero-order valence-electron chi connectivity index (χ0n) is 9.21. The summed E-state index contributed by atoms with van der Waals surface area (Å²) >= 11 is 8.71. The van der Waals surface area contributed by atoms with Crippen molar-refractivity contribution >= 4 is 43.2 Å². The van der Waals surface area contributed by atoms with E-state index in [4.69, 9.17) is 0 Å². The molecule has 0 spiro atoms. The highest BCUT2D eigenvalue weighted by Crippen LogP contribution is 2.36. The molecule has 0 N–H and O–H groups in total. The van der Waals surface area contributed by atoms with E-state index in [2.05, 4.69) is 50.9 Å². The highest BCUT2D eigenvalue weighted by atomic mass is 79.9. The zero-order chi connectivity index (χ0) is 12.4. The van der Waals surface area contributed by atoms with Crippen LogP contribution in [0, 0.1) is 5.82 Å². The number of alkyl halides is 1. The molecule has 0 amide bonds. The number of halogens is 3. The van der Waals surface area contributed by atoms with Gasteiger partial charge in [-0.25, -0.2) is 4.39 Å². The Labute approximate surface area is 121 Å². The Kier molecular flexibility index (Phi) is 4.39. The maximum Gasteiger partial charge on any atom is 0.124 e. The van der Waals surface area contributed by atoms with Crippen LogP contribution in [0.5, 0.6) is 0 Å². The number of benzene rings is 1. The zero-order valence-corrected chi connectivity index (χ0v) is 13.2. The predicted molar refractivity (Wildman–Crippen MR) is 78.6 cm³/mol. The van der Waals surface area contributed by atoms with Gasteiger partial charge in [-0.3, -0.25) is 0 Å². The summed E-state index contributed by atoms with van der Waals surface area (Å²) in [4.78, 5) is 2.61. The van der Waals surface area contributed by atoms with Crippen LogP contribution in [0.3, 0.4) is 0 Å². The molecular formula is C13H11Br2FS. The Balaban J connectivity index is 2.32. The third kappa shape index (κ3) is 3.18. The molecule has 1 aromatic heterocycles. The molecule has 0 radical (unpaired) electrons. The van der Waals surface area contributed by atoms with Gasteiger partial charge >= 0.3 is 0 Å². The van der Waals surface area contributed by atoms with Crippen molar-refractivity contribution < 1.29 is 4.39 Å². The molecule has 1 atom stereocenters. The molecule has 2 aromatic rings. The van der Waals surface area contributed by atoms with E-state index in [1.807, 2.05) is 6.07 Å². The molecule has 0 saturated carbocycles. The van der Waals surface area contributed by atoms with E-state index in [1.54, 1.807) is 17.4 Å². The minimum absolute atomic E-state index is 0.0554. The highest BCUT2D eigenvalue weighted by Gasteiger charge is 2.14. The maximum atomic E-state index is 13.3. The van der Waals surface area contributed by atoms with E-state index in [-0.39, 0.29) is 10.6 Å². The SMILES string of the molecule is CCc1ccc(C(Br)c2cc(F)cc(Br)c2)s1. The molecular weight excluding hydrogens is 367 g/mol. The highest BCUT2D eigenvalue weighted by molar-refractivity contribution is 9.10. The largest absolute Gasteiger partial charge is 0.207 e. The fourth-order valence-electron chi connectivity index (χ4n) is 1.61. The lowest BCUT2D eigenvalue weighted by Crippen LogP contribution is -1.91. The summed E-state index contributed by atoms with van der Waals surface area (Å²) < 4.78 is 14.1. The van der Waals surface area contributed by atoms with E-state index in [0.29, 0.717) is 0 Å². The van der Waals surface area contributed by atoms with Gasteiger partial charge in [-0.15, -0.1) is 11.3 Å². The summed E-state index contributed by atoms with van der Waals surface area (Å²) in [6, 6.07) is 9.20. The van der Waals surface area contributed by atoms with E-state index in [0.717, 1.165) is 16.5 Å². The first-order valence-corrected chi connectivity index (χ1v) is 7.81. The average Bonchev–Trinajstić information content (AvgIpc) is 2.75. The van der Waals surface area contributed by atoms with Crippen molar-refractivity contribution in [2.75, 3.05) is 0 Å². The van der Waals surface area contributed by atoms with Crippen molar-refractivity contribution in [3.63, 3.8) is 0 Å². The topological polar surface area (TPSA) is 0 Å². The van der Waals surface area contributed by atoms with Gasteiger partial charge in [0.25, 0.3) is 0 Å². The smallest absolute Gasteiger partial charge is 0.124 e. The summed E-state index contributed by atoms with van der Waals surface area (Å²) in [6.45, 7) is 2.14. The van der Waals surface area contributed by atoms with E-state index >= 15 is 0 Å². The normalized spacial score (nSPS) is 12.7. The van der Waals surface area contributed by atoms with E-state index < -0.39 is 0 Å². The number of thiophene rings is 1. The lowest BCUT2D eigenvalue weighted by Gasteiger charge is -2.08. The molecule has 0 aliphatic carbocycles. The Hall–Kier alpha value is -0.190. The summed E-state index contributed by atoms with van der Waals surface area (Å²) in [5.41, 5.74) is 0.932. The number of aryl methyl sites for hydroxylation is 1. The quantitative estimate of drug-likeness (QED) is 0.602. The third-order valence-electron chi connectivity index (χ3n) is 2.46. The second kappa shape index (κ2) is 5.63. The van der Waals surface area contributed by atoms with Gasteiger partial charge in [0.1, 0.15) is 5.82 Å². The fraction of sp³-hybridized carbons (Fsp3) is 0.231. The van der Waals surface area contributed by atoms with Gasteiger partial charge in [0.15, 0.2) is 0 Å². The molecule has 0 aliphatic rings. The van der Waals surface area contributed by atoms with Crippen LogP contribution in [0.2, 0.25) is 0 Å². The van der Waals surface area contributed by atoms with Crippen molar-refractivity contribution in [1.29, 1.82) is 0 Å². The number of rotatable bonds is 3. The van der Waals surface area contributed by atoms with Crippen LogP contribution in [-0.2, 0) is 6.42 Å². The summed E-state index contributed by atoms with van der Waals surface area (Å²) in [6.07, 6.45) is 1.04. The molecule has 0 saturated heterocycles. The third-order valence-corrected chi connectivity index (χ3v) is 5.54. The number of hydrogen-bond acceptors (Lipinski definition) is 1. The van der Waals surface area contributed by atoms with Gasteiger partial charge < -0.3 is 0 Å². The van der Waals surface area contributed by atoms with Crippen molar-refractivity contribution in [2.45, 2.75) is 18.2 Å². The first kappa shape index (κ1) is 13.2. The lowest BCUT2D eigenvalue weighted by molar-refractivity contribution is 0.625. The minimum Gasteiger partial charge on any atom is -0.207 e. The molecule has 4 heteroatoms. The van der Waals surface area contributed by atoms with Crippen LogP contribution in [0.15, 0.2) is 34.8 Å².